The topological polar surface area (TPSA) is 87.2 Å². The van der Waals surface area contributed by atoms with Gasteiger partial charge in [-0.1, -0.05) is 35.5 Å². The standard InChI is InChI=1S/C21H24ClN5O2S/c22-16-3-1-2-4-17(16)24-19(28)13-30-20-8-7-18(25-26-20)27-11-9-14(10-12-27)21(29)23-15-5-6-15/h1-4,7-8,14-15H,5-6,9-13H2,(H,23,29)(H,24,28). The second kappa shape index (κ2) is 9.66. The molecule has 1 aliphatic carbocycles. The van der Waals surface area contributed by atoms with Crippen molar-refractivity contribution >= 4 is 46.7 Å². The van der Waals surface area contributed by atoms with Crippen LogP contribution in [0.3, 0.4) is 0 Å². The van der Waals surface area contributed by atoms with Crippen molar-refractivity contribution in [2.45, 2.75) is 36.8 Å². The third-order valence-corrected chi connectivity index (χ3v) is 6.49. The van der Waals surface area contributed by atoms with Gasteiger partial charge in [-0.15, -0.1) is 10.2 Å². The van der Waals surface area contributed by atoms with E-state index in [1.807, 2.05) is 24.3 Å². The molecular formula is C21H24ClN5O2S. The summed E-state index contributed by atoms with van der Waals surface area (Å²) >= 11 is 7.38. The summed E-state index contributed by atoms with van der Waals surface area (Å²) < 4.78 is 0. The first-order chi connectivity index (χ1) is 14.6. The van der Waals surface area contributed by atoms with Crippen LogP contribution < -0.4 is 15.5 Å². The molecule has 2 N–H and O–H groups in total. The Morgan fingerprint density at radius 2 is 1.83 bits per heavy atom. The van der Waals surface area contributed by atoms with Crippen LogP contribution in [0.4, 0.5) is 11.5 Å². The number of carbonyl (C=O) groups excluding carboxylic acids is 2. The van der Waals surface area contributed by atoms with Gasteiger partial charge in [0.15, 0.2) is 5.82 Å². The minimum absolute atomic E-state index is 0.0984. The van der Waals surface area contributed by atoms with Crippen LogP contribution in [0.5, 0.6) is 0 Å². The molecule has 2 fully saturated rings. The summed E-state index contributed by atoms with van der Waals surface area (Å²) in [5.74, 6) is 1.18. The number of nitrogens with one attached hydrogen (secondary N) is 2. The summed E-state index contributed by atoms with van der Waals surface area (Å²) in [4.78, 5) is 26.5. The van der Waals surface area contributed by atoms with E-state index in [1.54, 1.807) is 12.1 Å². The first kappa shape index (κ1) is 20.9. The Morgan fingerprint density at radius 3 is 2.50 bits per heavy atom. The predicted molar refractivity (Wildman–Crippen MR) is 119 cm³/mol. The van der Waals surface area contributed by atoms with Crippen LogP contribution in [0.1, 0.15) is 25.7 Å². The molecule has 4 rings (SSSR count). The third kappa shape index (κ3) is 5.64. The van der Waals surface area contributed by atoms with Gasteiger partial charge in [0.25, 0.3) is 0 Å². The minimum Gasteiger partial charge on any atom is -0.355 e. The number of carbonyl (C=O) groups is 2. The van der Waals surface area contributed by atoms with Gasteiger partial charge in [0, 0.05) is 25.0 Å². The molecule has 0 bridgehead atoms. The molecule has 2 amide bonds. The Kier molecular flexibility index (Phi) is 6.74. The molecule has 2 heterocycles. The minimum atomic E-state index is -0.148. The van der Waals surface area contributed by atoms with Gasteiger partial charge in [-0.2, -0.15) is 0 Å². The Labute approximate surface area is 185 Å². The van der Waals surface area contributed by atoms with E-state index < -0.39 is 0 Å². The first-order valence-electron chi connectivity index (χ1n) is 10.1. The van der Waals surface area contributed by atoms with Crippen LogP contribution in [0.15, 0.2) is 41.4 Å². The van der Waals surface area contributed by atoms with Crippen LogP contribution >= 0.6 is 23.4 Å². The predicted octanol–water partition coefficient (Wildman–Crippen LogP) is 3.36. The van der Waals surface area contributed by atoms with Crippen molar-refractivity contribution in [2.24, 2.45) is 5.92 Å². The molecule has 0 radical (unpaired) electrons. The maximum absolute atomic E-state index is 12.2. The molecule has 0 atom stereocenters. The summed E-state index contributed by atoms with van der Waals surface area (Å²) in [5, 5.41) is 15.6. The number of piperidine rings is 1. The highest BCUT2D eigenvalue weighted by atomic mass is 35.5. The Bertz CT molecular complexity index is 899. The fourth-order valence-corrected chi connectivity index (χ4v) is 4.16. The van der Waals surface area contributed by atoms with E-state index in [0.717, 1.165) is 44.6 Å². The molecular weight excluding hydrogens is 422 g/mol. The molecule has 1 aromatic carbocycles. The highest BCUT2D eigenvalue weighted by Crippen LogP contribution is 2.26. The molecule has 9 heteroatoms. The number of benzene rings is 1. The molecule has 2 aromatic rings. The maximum atomic E-state index is 12.2. The molecule has 158 valence electrons. The molecule has 1 aliphatic heterocycles. The molecule has 30 heavy (non-hydrogen) atoms. The van der Waals surface area contributed by atoms with Gasteiger partial charge in [0.2, 0.25) is 11.8 Å². The van der Waals surface area contributed by atoms with E-state index in [2.05, 4.69) is 25.7 Å². The zero-order valence-electron chi connectivity index (χ0n) is 16.5. The normalized spacial score (nSPS) is 16.9. The van der Waals surface area contributed by atoms with Gasteiger partial charge >= 0.3 is 0 Å². The fraction of sp³-hybridized carbons (Fsp3) is 0.429. The number of thioether (sulfide) groups is 1. The van der Waals surface area contributed by atoms with Crippen LogP contribution in [0, 0.1) is 5.92 Å². The van der Waals surface area contributed by atoms with Crippen LogP contribution in [-0.2, 0) is 9.59 Å². The summed E-state index contributed by atoms with van der Waals surface area (Å²) in [6.07, 6.45) is 3.90. The number of para-hydroxylation sites is 1. The molecule has 1 saturated heterocycles. The highest BCUT2D eigenvalue weighted by Gasteiger charge is 2.30. The second-order valence-corrected chi connectivity index (χ2v) is 8.99. The number of anilines is 2. The smallest absolute Gasteiger partial charge is 0.234 e. The second-order valence-electron chi connectivity index (χ2n) is 7.59. The summed E-state index contributed by atoms with van der Waals surface area (Å²) in [5.41, 5.74) is 0.598. The van der Waals surface area contributed by atoms with Gasteiger partial charge < -0.3 is 15.5 Å². The lowest BCUT2D eigenvalue weighted by atomic mass is 9.96. The summed E-state index contributed by atoms with van der Waals surface area (Å²) in [7, 11) is 0. The average Bonchev–Trinajstić information content (AvgIpc) is 3.58. The van der Waals surface area contributed by atoms with E-state index in [-0.39, 0.29) is 23.5 Å². The highest BCUT2D eigenvalue weighted by molar-refractivity contribution is 7.99. The van der Waals surface area contributed by atoms with Gasteiger partial charge in [-0.25, -0.2) is 0 Å². The van der Waals surface area contributed by atoms with Crippen molar-refractivity contribution in [2.75, 3.05) is 29.1 Å². The van der Waals surface area contributed by atoms with Crippen molar-refractivity contribution in [3.63, 3.8) is 0 Å². The zero-order chi connectivity index (χ0) is 20.9. The largest absolute Gasteiger partial charge is 0.355 e. The van der Waals surface area contributed by atoms with Gasteiger partial charge in [0.05, 0.1) is 16.5 Å². The lowest BCUT2D eigenvalue weighted by Gasteiger charge is -2.31. The maximum Gasteiger partial charge on any atom is 0.234 e. The Morgan fingerprint density at radius 1 is 1.07 bits per heavy atom. The number of hydrogen-bond donors (Lipinski definition) is 2. The van der Waals surface area contributed by atoms with Crippen molar-refractivity contribution in [1.82, 2.24) is 15.5 Å². The molecule has 0 unspecified atom stereocenters. The first-order valence-corrected chi connectivity index (χ1v) is 11.5. The average molecular weight is 446 g/mol. The lowest BCUT2D eigenvalue weighted by molar-refractivity contribution is -0.125. The molecule has 0 spiro atoms. The van der Waals surface area contributed by atoms with Gasteiger partial charge in [-0.05, 0) is 49.9 Å². The van der Waals surface area contributed by atoms with E-state index in [1.165, 1.54) is 11.8 Å². The van der Waals surface area contributed by atoms with Crippen LogP contribution in [-0.4, -0.2) is 46.9 Å². The van der Waals surface area contributed by atoms with E-state index in [0.29, 0.717) is 21.8 Å². The van der Waals surface area contributed by atoms with Crippen molar-refractivity contribution in [1.29, 1.82) is 0 Å². The number of nitrogens with zero attached hydrogens (tertiary/aromatic N) is 3. The Balaban J connectivity index is 1.23. The molecule has 1 saturated carbocycles. The fourth-order valence-electron chi connectivity index (χ4n) is 3.36. The van der Waals surface area contributed by atoms with E-state index in [9.17, 15) is 9.59 Å². The van der Waals surface area contributed by atoms with Crippen LogP contribution in [0.2, 0.25) is 5.02 Å². The summed E-state index contributed by atoms with van der Waals surface area (Å²) in [6, 6.07) is 11.3. The number of hydrogen-bond acceptors (Lipinski definition) is 6. The Hall–Kier alpha value is -2.32. The van der Waals surface area contributed by atoms with Crippen molar-refractivity contribution in [3.8, 4) is 0 Å². The monoisotopic (exact) mass is 445 g/mol. The summed E-state index contributed by atoms with van der Waals surface area (Å²) in [6.45, 7) is 1.59. The van der Waals surface area contributed by atoms with E-state index >= 15 is 0 Å². The molecule has 1 aromatic heterocycles. The van der Waals surface area contributed by atoms with Gasteiger partial charge in [0.1, 0.15) is 5.03 Å². The number of halogens is 1. The number of aromatic nitrogens is 2. The number of rotatable bonds is 7. The van der Waals surface area contributed by atoms with Crippen LogP contribution in [0.25, 0.3) is 0 Å². The van der Waals surface area contributed by atoms with Crippen molar-refractivity contribution < 1.29 is 9.59 Å². The van der Waals surface area contributed by atoms with E-state index in [4.69, 9.17) is 11.6 Å². The third-order valence-electron chi connectivity index (χ3n) is 5.24. The SMILES string of the molecule is O=C(CSc1ccc(N2CCC(C(=O)NC3CC3)CC2)nn1)Nc1ccccc1Cl. The quantitative estimate of drug-likeness (QED) is 0.635. The molecule has 7 nitrogen and oxygen atoms in total. The van der Waals surface area contributed by atoms with Gasteiger partial charge in [-0.3, -0.25) is 9.59 Å². The number of amides is 2. The molecule has 2 aliphatic rings. The van der Waals surface area contributed by atoms with Crippen molar-refractivity contribution in [3.05, 3.63) is 41.4 Å². The zero-order valence-corrected chi connectivity index (χ0v) is 18.1. The lowest BCUT2D eigenvalue weighted by Crippen LogP contribution is -2.41.